The smallest absolute Gasteiger partial charge is 0.147 e. The van der Waals surface area contributed by atoms with E-state index in [1.54, 1.807) is 0 Å². The molecule has 21 heavy (non-hydrogen) atoms. The number of benzene rings is 1. The topological polar surface area (TPSA) is 12.0 Å². The molecule has 1 fully saturated rings. The van der Waals surface area contributed by atoms with Gasteiger partial charge in [-0.1, -0.05) is 50.8 Å². The van der Waals surface area contributed by atoms with Gasteiger partial charge >= 0.3 is 0 Å². The van der Waals surface area contributed by atoms with Crippen LogP contribution in [0.3, 0.4) is 0 Å². The summed E-state index contributed by atoms with van der Waals surface area (Å²) in [6.45, 7) is 5.17. The molecule has 0 radical (unpaired) electrons. The van der Waals surface area contributed by atoms with E-state index in [0.29, 0.717) is 16.0 Å². The molecule has 2 rings (SSSR count). The van der Waals surface area contributed by atoms with E-state index < -0.39 is 0 Å². The third-order valence-corrected chi connectivity index (χ3v) is 5.95. The largest absolute Gasteiger partial charge is 0.310 e. The molecule has 1 N–H and O–H groups in total. The minimum absolute atomic E-state index is 0.0648. The minimum Gasteiger partial charge on any atom is -0.310 e. The van der Waals surface area contributed by atoms with E-state index in [-0.39, 0.29) is 16.9 Å². The maximum atomic E-state index is 14.6. The highest BCUT2D eigenvalue weighted by Crippen LogP contribution is 2.40. The van der Waals surface area contributed by atoms with Crippen LogP contribution in [0.25, 0.3) is 0 Å². The van der Waals surface area contributed by atoms with Crippen molar-refractivity contribution in [3.63, 3.8) is 0 Å². The first-order chi connectivity index (χ1) is 10.1. The predicted octanol–water partition coefficient (Wildman–Crippen LogP) is 6.11. The zero-order chi connectivity index (χ0) is 15.4. The second kappa shape index (κ2) is 7.94. The summed E-state index contributed by atoms with van der Waals surface area (Å²) in [6, 6.07) is 3.79. The van der Waals surface area contributed by atoms with Crippen molar-refractivity contribution < 1.29 is 4.39 Å². The Kier molecular flexibility index (Phi) is 6.51. The normalized spacial score (nSPS) is 24.0. The van der Waals surface area contributed by atoms with Gasteiger partial charge in [-0.15, -0.1) is 0 Å². The quantitative estimate of drug-likeness (QED) is 0.611. The molecule has 1 aliphatic carbocycles. The molecule has 1 aliphatic rings. The van der Waals surface area contributed by atoms with E-state index in [9.17, 15) is 4.39 Å². The van der Waals surface area contributed by atoms with Gasteiger partial charge in [0.15, 0.2) is 0 Å². The van der Waals surface area contributed by atoms with Gasteiger partial charge in [0.2, 0.25) is 0 Å². The molecule has 0 spiro atoms. The van der Waals surface area contributed by atoms with Gasteiger partial charge in [0.05, 0.1) is 5.02 Å². The second-order valence-electron chi connectivity index (χ2n) is 6.00. The number of nitrogens with one attached hydrogen (secondary N) is 1. The van der Waals surface area contributed by atoms with Crippen LogP contribution < -0.4 is 5.32 Å². The molecular weight excluding hydrogens is 353 g/mol. The van der Waals surface area contributed by atoms with Gasteiger partial charge in [-0.25, -0.2) is 4.39 Å². The first-order valence-corrected chi connectivity index (χ1v) is 9.12. The fourth-order valence-corrected chi connectivity index (χ4v) is 4.02. The summed E-state index contributed by atoms with van der Waals surface area (Å²) in [5.41, 5.74) is 0.715. The van der Waals surface area contributed by atoms with Crippen LogP contribution in [0.5, 0.6) is 0 Å². The van der Waals surface area contributed by atoms with E-state index in [2.05, 4.69) is 35.1 Å². The van der Waals surface area contributed by atoms with Crippen molar-refractivity contribution in [1.82, 2.24) is 5.32 Å². The lowest BCUT2D eigenvalue weighted by atomic mass is 9.75. The Labute approximate surface area is 140 Å². The van der Waals surface area contributed by atoms with Crippen molar-refractivity contribution in [2.24, 2.45) is 11.8 Å². The highest BCUT2D eigenvalue weighted by molar-refractivity contribution is 9.10. The molecule has 1 aromatic carbocycles. The average Bonchev–Trinajstić information content (AvgIpc) is 2.51. The molecule has 0 amide bonds. The highest BCUT2D eigenvalue weighted by atomic mass is 79.9. The van der Waals surface area contributed by atoms with E-state index in [0.717, 1.165) is 12.5 Å². The molecule has 0 saturated heterocycles. The average molecular weight is 377 g/mol. The van der Waals surface area contributed by atoms with Crippen LogP contribution in [0.1, 0.15) is 57.6 Å². The Balaban J connectivity index is 2.28. The predicted molar refractivity (Wildman–Crippen MR) is 91.3 cm³/mol. The van der Waals surface area contributed by atoms with Crippen molar-refractivity contribution >= 4 is 27.5 Å². The van der Waals surface area contributed by atoms with Gasteiger partial charge in [0, 0.05) is 16.1 Å². The van der Waals surface area contributed by atoms with Crippen molar-refractivity contribution in [2.45, 2.75) is 52.0 Å². The maximum absolute atomic E-state index is 14.6. The molecule has 1 nitrogen and oxygen atoms in total. The summed E-state index contributed by atoms with van der Waals surface area (Å²) in [6.07, 6.45) is 6.13. The van der Waals surface area contributed by atoms with Crippen molar-refractivity contribution in [3.8, 4) is 0 Å². The van der Waals surface area contributed by atoms with E-state index in [1.807, 2.05) is 12.1 Å². The summed E-state index contributed by atoms with van der Waals surface area (Å²) in [5, 5.41) is 3.68. The monoisotopic (exact) mass is 375 g/mol. The summed E-state index contributed by atoms with van der Waals surface area (Å²) in [4.78, 5) is 0. The Hall–Kier alpha value is -0.120. The number of halogens is 3. The van der Waals surface area contributed by atoms with Crippen LogP contribution in [-0.2, 0) is 0 Å². The number of hydrogen-bond acceptors (Lipinski definition) is 1. The Morgan fingerprint density at radius 3 is 2.81 bits per heavy atom. The minimum atomic E-state index is -0.282. The summed E-state index contributed by atoms with van der Waals surface area (Å²) in [5.74, 6) is 0.991. The first-order valence-electron chi connectivity index (χ1n) is 7.95. The lowest BCUT2D eigenvalue weighted by molar-refractivity contribution is 0.208. The summed E-state index contributed by atoms with van der Waals surface area (Å²) in [7, 11) is 0. The molecule has 0 bridgehead atoms. The lowest BCUT2D eigenvalue weighted by Gasteiger charge is -2.35. The van der Waals surface area contributed by atoms with Crippen molar-refractivity contribution in [2.75, 3.05) is 6.54 Å². The molecular formula is C17H24BrClFN. The fraction of sp³-hybridized carbons (Fsp3) is 0.647. The molecule has 1 aromatic rings. The Bertz CT molecular complexity index is 480. The zero-order valence-corrected chi connectivity index (χ0v) is 15.1. The summed E-state index contributed by atoms with van der Waals surface area (Å²) >= 11 is 9.36. The van der Waals surface area contributed by atoms with E-state index in [1.165, 1.54) is 32.1 Å². The Morgan fingerprint density at radius 1 is 1.38 bits per heavy atom. The molecule has 4 heteroatoms. The van der Waals surface area contributed by atoms with Gasteiger partial charge in [-0.05, 0) is 53.2 Å². The lowest BCUT2D eigenvalue weighted by Crippen LogP contribution is -2.32. The highest BCUT2D eigenvalue weighted by Gasteiger charge is 2.30. The van der Waals surface area contributed by atoms with Gasteiger partial charge in [-0.2, -0.15) is 0 Å². The van der Waals surface area contributed by atoms with Crippen LogP contribution >= 0.6 is 27.5 Å². The standard InChI is InChI=1S/C17H24BrClFN/c1-3-11-6-5-7-12(10-11)17(21-4-2)13-8-9-14(18)15(19)16(13)20/h8-9,11-12,17,21H,3-7,10H2,1-2H3. The van der Waals surface area contributed by atoms with E-state index >= 15 is 0 Å². The molecule has 118 valence electrons. The third-order valence-electron chi connectivity index (χ3n) is 4.70. The van der Waals surface area contributed by atoms with Gasteiger partial charge in [0.1, 0.15) is 5.82 Å². The molecule has 1 saturated carbocycles. The molecule has 0 aliphatic heterocycles. The van der Waals surface area contributed by atoms with E-state index in [4.69, 9.17) is 11.6 Å². The number of rotatable bonds is 5. The second-order valence-corrected chi connectivity index (χ2v) is 7.23. The zero-order valence-electron chi connectivity index (χ0n) is 12.8. The van der Waals surface area contributed by atoms with Crippen LogP contribution in [0.4, 0.5) is 4.39 Å². The SMILES string of the molecule is CCNC(c1ccc(Br)c(Cl)c1F)C1CCCC(CC)C1. The Morgan fingerprint density at radius 2 is 2.14 bits per heavy atom. The van der Waals surface area contributed by atoms with Crippen LogP contribution in [-0.4, -0.2) is 6.54 Å². The maximum Gasteiger partial charge on any atom is 0.147 e. The molecule has 3 unspecified atom stereocenters. The van der Waals surface area contributed by atoms with Gasteiger partial charge in [0.25, 0.3) is 0 Å². The van der Waals surface area contributed by atoms with Crippen LogP contribution in [0.15, 0.2) is 16.6 Å². The fourth-order valence-electron chi connectivity index (χ4n) is 3.54. The third kappa shape index (κ3) is 4.00. The van der Waals surface area contributed by atoms with Crippen LogP contribution in [0.2, 0.25) is 5.02 Å². The molecule has 0 heterocycles. The van der Waals surface area contributed by atoms with Gasteiger partial charge < -0.3 is 5.32 Å². The van der Waals surface area contributed by atoms with Crippen molar-refractivity contribution in [1.29, 1.82) is 0 Å². The summed E-state index contributed by atoms with van der Waals surface area (Å²) < 4.78 is 15.2. The van der Waals surface area contributed by atoms with Crippen molar-refractivity contribution in [3.05, 3.63) is 33.0 Å². The number of hydrogen-bond donors (Lipinski definition) is 1. The van der Waals surface area contributed by atoms with Gasteiger partial charge in [-0.3, -0.25) is 0 Å². The molecule has 3 atom stereocenters. The first kappa shape index (κ1) is 17.2. The molecule has 0 aromatic heterocycles. The van der Waals surface area contributed by atoms with Crippen LogP contribution in [0, 0.1) is 17.7 Å².